The number of ether oxygens (including phenoxy) is 2. The molecular formula is C19H16N4O3S. The molecule has 0 aliphatic heterocycles. The number of hydrogen-bond acceptors (Lipinski definition) is 6. The highest BCUT2D eigenvalue weighted by molar-refractivity contribution is 7.12. The molecule has 3 heterocycles. The highest BCUT2D eigenvalue weighted by atomic mass is 32.1. The summed E-state index contributed by atoms with van der Waals surface area (Å²) >= 11 is 1.38. The minimum atomic E-state index is -0.179. The molecule has 7 nitrogen and oxygen atoms in total. The molecule has 0 radical (unpaired) electrons. The summed E-state index contributed by atoms with van der Waals surface area (Å²) in [5.41, 5.74) is 2.84. The van der Waals surface area contributed by atoms with E-state index < -0.39 is 0 Å². The minimum absolute atomic E-state index is 0.179. The average molecular weight is 380 g/mol. The van der Waals surface area contributed by atoms with Crippen LogP contribution in [0, 0.1) is 0 Å². The lowest BCUT2D eigenvalue weighted by atomic mass is 10.1. The first-order chi connectivity index (χ1) is 13.2. The summed E-state index contributed by atoms with van der Waals surface area (Å²) in [6.07, 6.45) is 1.81. The van der Waals surface area contributed by atoms with Crippen molar-refractivity contribution >= 4 is 28.6 Å². The van der Waals surface area contributed by atoms with E-state index >= 15 is 0 Å². The van der Waals surface area contributed by atoms with Crippen molar-refractivity contribution in [3.63, 3.8) is 0 Å². The Morgan fingerprint density at radius 1 is 1.15 bits per heavy atom. The van der Waals surface area contributed by atoms with Crippen LogP contribution >= 0.6 is 11.3 Å². The molecule has 0 saturated heterocycles. The third-order valence-corrected chi connectivity index (χ3v) is 4.86. The molecule has 136 valence electrons. The Labute approximate surface area is 159 Å². The zero-order valence-corrected chi connectivity index (χ0v) is 15.5. The quantitative estimate of drug-likeness (QED) is 0.571. The normalized spacial score (nSPS) is 10.7. The second kappa shape index (κ2) is 7.08. The van der Waals surface area contributed by atoms with Crippen molar-refractivity contribution in [2.45, 2.75) is 0 Å². The van der Waals surface area contributed by atoms with Gasteiger partial charge in [0.15, 0.2) is 5.65 Å². The predicted molar refractivity (Wildman–Crippen MR) is 104 cm³/mol. The smallest absolute Gasteiger partial charge is 0.265 e. The molecular weight excluding hydrogens is 364 g/mol. The van der Waals surface area contributed by atoms with E-state index in [0.717, 1.165) is 11.3 Å². The highest BCUT2D eigenvalue weighted by Crippen LogP contribution is 2.31. The molecule has 0 bridgehead atoms. The largest absolute Gasteiger partial charge is 0.495 e. The van der Waals surface area contributed by atoms with E-state index in [-0.39, 0.29) is 5.91 Å². The van der Waals surface area contributed by atoms with Gasteiger partial charge in [-0.05, 0) is 35.7 Å². The van der Waals surface area contributed by atoms with Crippen LogP contribution in [0.4, 0.5) is 5.69 Å². The second-order valence-corrected chi connectivity index (χ2v) is 6.60. The van der Waals surface area contributed by atoms with E-state index in [2.05, 4.69) is 15.4 Å². The number of aromatic nitrogens is 3. The van der Waals surface area contributed by atoms with Crippen LogP contribution < -0.4 is 14.8 Å². The number of imidazole rings is 1. The molecule has 0 aliphatic rings. The summed E-state index contributed by atoms with van der Waals surface area (Å²) in [5.74, 6) is 0.902. The molecule has 8 heteroatoms. The fourth-order valence-corrected chi connectivity index (χ4v) is 3.29. The van der Waals surface area contributed by atoms with Gasteiger partial charge in [0.2, 0.25) is 5.88 Å². The molecule has 0 saturated carbocycles. The maximum Gasteiger partial charge on any atom is 0.265 e. The molecule has 1 N–H and O–H groups in total. The van der Waals surface area contributed by atoms with E-state index in [9.17, 15) is 4.79 Å². The van der Waals surface area contributed by atoms with E-state index in [1.807, 2.05) is 35.8 Å². The van der Waals surface area contributed by atoms with Crippen molar-refractivity contribution in [1.29, 1.82) is 0 Å². The number of methoxy groups -OCH3 is 2. The van der Waals surface area contributed by atoms with E-state index in [0.29, 0.717) is 27.8 Å². The number of fused-ring (bicyclic) bond motifs is 1. The molecule has 0 unspecified atom stereocenters. The predicted octanol–water partition coefficient (Wildman–Crippen LogP) is 3.73. The van der Waals surface area contributed by atoms with Crippen molar-refractivity contribution < 1.29 is 14.3 Å². The van der Waals surface area contributed by atoms with Crippen LogP contribution in [0.15, 0.2) is 54.0 Å². The topological polar surface area (TPSA) is 77.8 Å². The number of anilines is 1. The van der Waals surface area contributed by atoms with Gasteiger partial charge in [0.1, 0.15) is 5.75 Å². The van der Waals surface area contributed by atoms with Gasteiger partial charge in [0.25, 0.3) is 5.91 Å². The van der Waals surface area contributed by atoms with E-state index in [4.69, 9.17) is 9.47 Å². The van der Waals surface area contributed by atoms with Crippen LogP contribution in [-0.4, -0.2) is 34.7 Å². The van der Waals surface area contributed by atoms with Gasteiger partial charge < -0.3 is 14.8 Å². The third-order valence-electron chi connectivity index (χ3n) is 3.99. The van der Waals surface area contributed by atoms with Crippen LogP contribution in [0.5, 0.6) is 11.6 Å². The van der Waals surface area contributed by atoms with Gasteiger partial charge in [0, 0.05) is 11.6 Å². The molecule has 27 heavy (non-hydrogen) atoms. The number of rotatable bonds is 5. The lowest BCUT2D eigenvalue weighted by Crippen LogP contribution is -2.11. The Morgan fingerprint density at radius 2 is 2.04 bits per heavy atom. The van der Waals surface area contributed by atoms with Crippen molar-refractivity contribution in [3.8, 4) is 22.9 Å². The Hall–Kier alpha value is -3.39. The van der Waals surface area contributed by atoms with Crippen LogP contribution in [0.1, 0.15) is 9.67 Å². The summed E-state index contributed by atoms with van der Waals surface area (Å²) in [7, 11) is 3.13. The number of benzene rings is 1. The van der Waals surface area contributed by atoms with E-state index in [1.54, 1.807) is 36.9 Å². The average Bonchev–Trinajstić information content (AvgIpc) is 3.37. The molecule has 4 aromatic rings. The third kappa shape index (κ3) is 3.34. The fourth-order valence-electron chi connectivity index (χ4n) is 2.67. The van der Waals surface area contributed by atoms with Crippen molar-refractivity contribution in [2.24, 2.45) is 0 Å². The standard InChI is InChI=1S/C19H16N4O3S/c1-25-15-6-5-12(10-13(15)21-19(24)16-4-3-9-27-16)14-11-23-17(20-14)7-8-18(22-23)26-2/h3-11H,1-2H3,(H,21,24). The highest BCUT2D eigenvalue weighted by Gasteiger charge is 2.13. The number of thiophene rings is 1. The molecule has 0 aliphatic carbocycles. The molecule has 1 aromatic carbocycles. The lowest BCUT2D eigenvalue weighted by Gasteiger charge is -2.11. The monoisotopic (exact) mass is 380 g/mol. The molecule has 0 fully saturated rings. The Bertz CT molecular complexity index is 1110. The number of carbonyl (C=O) groups is 1. The van der Waals surface area contributed by atoms with Gasteiger partial charge in [-0.2, -0.15) is 0 Å². The number of amides is 1. The minimum Gasteiger partial charge on any atom is -0.495 e. The fraction of sp³-hybridized carbons (Fsp3) is 0.105. The lowest BCUT2D eigenvalue weighted by molar-refractivity contribution is 0.103. The molecule has 0 spiro atoms. The van der Waals surface area contributed by atoms with Crippen LogP contribution in [0.3, 0.4) is 0 Å². The van der Waals surface area contributed by atoms with Crippen molar-refractivity contribution in [3.05, 3.63) is 58.9 Å². The van der Waals surface area contributed by atoms with Gasteiger partial charge in [0.05, 0.1) is 36.7 Å². The Morgan fingerprint density at radius 3 is 2.78 bits per heavy atom. The summed E-state index contributed by atoms with van der Waals surface area (Å²) in [4.78, 5) is 17.6. The molecule has 1 amide bonds. The molecule has 4 rings (SSSR count). The first kappa shape index (κ1) is 17.0. The summed E-state index contributed by atoms with van der Waals surface area (Å²) in [5, 5.41) is 9.08. The zero-order chi connectivity index (χ0) is 18.8. The van der Waals surface area contributed by atoms with Crippen molar-refractivity contribution in [2.75, 3.05) is 19.5 Å². The Balaban J connectivity index is 1.70. The number of nitrogens with zero attached hydrogens (tertiary/aromatic N) is 3. The SMILES string of the molecule is COc1ccc2nc(-c3ccc(OC)c(NC(=O)c4cccs4)c3)cn2n1. The zero-order valence-electron chi connectivity index (χ0n) is 14.7. The summed E-state index contributed by atoms with van der Waals surface area (Å²) in [6, 6.07) is 12.7. The van der Waals surface area contributed by atoms with Gasteiger partial charge in [-0.3, -0.25) is 4.79 Å². The van der Waals surface area contributed by atoms with Crippen LogP contribution in [0.2, 0.25) is 0 Å². The number of hydrogen-bond donors (Lipinski definition) is 1. The first-order valence-electron chi connectivity index (χ1n) is 8.11. The van der Waals surface area contributed by atoms with E-state index in [1.165, 1.54) is 11.3 Å². The Kier molecular flexibility index (Phi) is 4.47. The van der Waals surface area contributed by atoms with Gasteiger partial charge in [-0.25, -0.2) is 9.50 Å². The van der Waals surface area contributed by atoms with Gasteiger partial charge in [-0.15, -0.1) is 16.4 Å². The molecule has 3 aromatic heterocycles. The summed E-state index contributed by atoms with van der Waals surface area (Å²) in [6.45, 7) is 0. The maximum absolute atomic E-state index is 12.4. The van der Waals surface area contributed by atoms with Crippen molar-refractivity contribution in [1.82, 2.24) is 14.6 Å². The van der Waals surface area contributed by atoms with Crippen LogP contribution in [-0.2, 0) is 0 Å². The number of nitrogens with one attached hydrogen (secondary N) is 1. The maximum atomic E-state index is 12.4. The first-order valence-corrected chi connectivity index (χ1v) is 8.99. The van der Waals surface area contributed by atoms with Gasteiger partial charge >= 0.3 is 0 Å². The van der Waals surface area contributed by atoms with Crippen LogP contribution in [0.25, 0.3) is 16.9 Å². The number of carbonyl (C=O) groups excluding carboxylic acids is 1. The van der Waals surface area contributed by atoms with Gasteiger partial charge in [-0.1, -0.05) is 6.07 Å². The summed E-state index contributed by atoms with van der Waals surface area (Å²) < 4.78 is 12.2. The molecule has 0 atom stereocenters. The second-order valence-electron chi connectivity index (χ2n) is 5.65.